The molecule has 0 aliphatic carbocycles. The fourth-order valence-corrected chi connectivity index (χ4v) is 1.94. The van der Waals surface area contributed by atoms with Gasteiger partial charge in [0.15, 0.2) is 5.82 Å². The third-order valence-corrected chi connectivity index (χ3v) is 3.05. The second-order valence-electron chi connectivity index (χ2n) is 4.08. The lowest BCUT2D eigenvalue weighted by Gasteiger charge is -2.13. The van der Waals surface area contributed by atoms with Gasteiger partial charge in [-0.15, -0.1) is 0 Å². The van der Waals surface area contributed by atoms with Crippen LogP contribution in [0, 0.1) is 0 Å². The summed E-state index contributed by atoms with van der Waals surface area (Å²) in [7, 11) is 2.82. The van der Waals surface area contributed by atoms with Crippen molar-refractivity contribution in [3.05, 3.63) is 41.0 Å². The molecule has 7 heteroatoms. The number of carbonyl (C=O) groups excluding carboxylic acids is 1. The third-order valence-electron chi connectivity index (χ3n) is 2.81. The first-order chi connectivity index (χ1) is 10.1. The van der Waals surface area contributed by atoms with Crippen LogP contribution in [0.2, 0.25) is 5.02 Å². The summed E-state index contributed by atoms with van der Waals surface area (Å²) in [5, 5.41) is 3.53. The van der Waals surface area contributed by atoms with Crippen molar-refractivity contribution in [1.82, 2.24) is 4.98 Å². The Bertz CT molecular complexity index is 677. The number of esters is 1. The maximum Gasteiger partial charge on any atom is 0.340 e. The molecule has 0 aliphatic rings. The van der Waals surface area contributed by atoms with E-state index < -0.39 is 5.97 Å². The summed E-state index contributed by atoms with van der Waals surface area (Å²) >= 11 is 5.96. The number of nitrogens with two attached hydrogens (primary N) is 1. The van der Waals surface area contributed by atoms with E-state index >= 15 is 0 Å². The monoisotopic (exact) mass is 307 g/mol. The number of ether oxygens (including phenoxy) is 2. The highest BCUT2D eigenvalue weighted by atomic mass is 35.5. The van der Waals surface area contributed by atoms with Crippen molar-refractivity contribution >= 4 is 34.8 Å². The fraction of sp³-hybridized carbons (Fsp3) is 0.143. The number of anilines is 3. The Kier molecular flexibility index (Phi) is 4.49. The molecule has 110 valence electrons. The predicted octanol–water partition coefficient (Wildman–Crippen LogP) is 2.86. The number of nitrogens with one attached hydrogen (secondary N) is 1. The SMILES string of the molecule is COC(=O)c1ccnc(Nc2cc(Cl)ccc2OC)c1N. The highest BCUT2D eigenvalue weighted by molar-refractivity contribution is 6.31. The highest BCUT2D eigenvalue weighted by Crippen LogP contribution is 2.32. The van der Waals surface area contributed by atoms with Gasteiger partial charge in [-0.3, -0.25) is 0 Å². The Labute approximate surface area is 126 Å². The second kappa shape index (κ2) is 6.32. The number of nitrogens with zero attached hydrogens (tertiary/aromatic N) is 1. The molecular formula is C14H14ClN3O3. The minimum atomic E-state index is -0.531. The normalized spacial score (nSPS) is 10.0. The molecule has 0 saturated carbocycles. The Hall–Kier alpha value is -2.47. The number of benzene rings is 1. The zero-order valence-corrected chi connectivity index (χ0v) is 12.3. The molecule has 1 aromatic carbocycles. The molecule has 0 atom stereocenters. The number of methoxy groups -OCH3 is 2. The minimum absolute atomic E-state index is 0.186. The molecule has 0 unspecified atom stereocenters. The molecule has 0 bridgehead atoms. The van der Waals surface area contributed by atoms with Crippen LogP contribution in [0.5, 0.6) is 5.75 Å². The smallest absolute Gasteiger partial charge is 0.340 e. The van der Waals surface area contributed by atoms with E-state index in [2.05, 4.69) is 15.0 Å². The average molecular weight is 308 g/mol. The van der Waals surface area contributed by atoms with Crippen molar-refractivity contribution in [2.24, 2.45) is 0 Å². The van der Waals surface area contributed by atoms with Crippen LogP contribution in [0.3, 0.4) is 0 Å². The van der Waals surface area contributed by atoms with Crippen molar-refractivity contribution < 1.29 is 14.3 Å². The summed E-state index contributed by atoms with van der Waals surface area (Å²) in [6.45, 7) is 0. The van der Waals surface area contributed by atoms with E-state index in [4.69, 9.17) is 22.1 Å². The molecule has 6 nitrogen and oxygen atoms in total. The second-order valence-corrected chi connectivity index (χ2v) is 4.52. The first-order valence-corrected chi connectivity index (χ1v) is 6.38. The van der Waals surface area contributed by atoms with Crippen molar-refractivity contribution in [3.63, 3.8) is 0 Å². The van der Waals surface area contributed by atoms with E-state index in [9.17, 15) is 4.79 Å². The fourth-order valence-electron chi connectivity index (χ4n) is 1.77. The van der Waals surface area contributed by atoms with Crippen molar-refractivity contribution in [2.75, 3.05) is 25.3 Å². The van der Waals surface area contributed by atoms with Crippen LogP contribution in [0.1, 0.15) is 10.4 Å². The summed E-state index contributed by atoms with van der Waals surface area (Å²) in [6, 6.07) is 6.58. The predicted molar refractivity (Wildman–Crippen MR) is 81.3 cm³/mol. The molecule has 3 N–H and O–H groups in total. The number of hydrogen-bond donors (Lipinski definition) is 2. The van der Waals surface area contributed by atoms with Gasteiger partial charge in [0.2, 0.25) is 0 Å². The Morgan fingerprint density at radius 1 is 1.33 bits per heavy atom. The van der Waals surface area contributed by atoms with Gasteiger partial charge >= 0.3 is 5.97 Å². The van der Waals surface area contributed by atoms with Crippen LogP contribution >= 0.6 is 11.6 Å². The molecule has 0 amide bonds. The first-order valence-electron chi connectivity index (χ1n) is 6.00. The van der Waals surface area contributed by atoms with E-state index in [0.29, 0.717) is 22.3 Å². The number of pyridine rings is 1. The van der Waals surface area contributed by atoms with Gasteiger partial charge in [-0.2, -0.15) is 0 Å². The molecule has 0 radical (unpaired) electrons. The number of nitrogen functional groups attached to an aromatic ring is 1. The summed E-state index contributed by atoms with van der Waals surface area (Å²) in [4.78, 5) is 15.7. The number of halogens is 1. The topological polar surface area (TPSA) is 86.5 Å². The van der Waals surface area contributed by atoms with Gasteiger partial charge in [0.25, 0.3) is 0 Å². The van der Waals surface area contributed by atoms with Gasteiger partial charge in [0.1, 0.15) is 5.75 Å². The quantitative estimate of drug-likeness (QED) is 0.845. The van der Waals surface area contributed by atoms with E-state index in [0.717, 1.165) is 0 Å². The zero-order chi connectivity index (χ0) is 15.4. The minimum Gasteiger partial charge on any atom is -0.495 e. The van der Waals surface area contributed by atoms with Crippen molar-refractivity contribution in [2.45, 2.75) is 0 Å². The lowest BCUT2D eigenvalue weighted by Crippen LogP contribution is -2.09. The molecule has 0 fully saturated rings. The van der Waals surface area contributed by atoms with Crippen LogP contribution in [0.25, 0.3) is 0 Å². The van der Waals surface area contributed by atoms with E-state index in [1.807, 2.05) is 0 Å². The largest absolute Gasteiger partial charge is 0.495 e. The lowest BCUT2D eigenvalue weighted by atomic mass is 10.2. The van der Waals surface area contributed by atoms with E-state index in [1.54, 1.807) is 18.2 Å². The van der Waals surface area contributed by atoms with Crippen LogP contribution in [0.4, 0.5) is 17.2 Å². The maximum atomic E-state index is 11.6. The van der Waals surface area contributed by atoms with Gasteiger partial charge in [-0.25, -0.2) is 9.78 Å². The van der Waals surface area contributed by atoms with Crippen LogP contribution in [-0.2, 0) is 4.74 Å². The van der Waals surface area contributed by atoms with Gasteiger partial charge in [0.05, 0.1) is 31.2 Å². The van der Waals surface area contributed by atoms with Gasteiger partial charge in [-0.1, -0.05) is 11.6 Å². The molecule has 2 rings (SSSR count). The number of carbonyl (C=O) groups is 1. The molecule has 0 aliphatic heterocycles. The standard InChI is InChI=1S/C14H14ClN3O3/c1-20-11-4-3-8(15)7-10(11)18-13-12(16)9(5-6-17-13)14(19)21-2/h3-7H,16H2,1-2H3,(H,17,18). The van der Waals surface area contributed by atoms with Gasteiger partial charge < -0.3 is 20.5 Å². The third kappa shape index (κ3) is 3.17. The Balaban J connectivity index is 2.41. The average Bonchev–Trinajstić information content (AvgIpc) is 2.49. The number of aromatic nitrogens is 1. The molecule has 2 aromatic rings. The Morgan fingerprint density at radius 2 is 2.10 bits per heavy atom. The van der Waals surface area contributed by atoms with Gasteiger partial charge in [-0.05, 0) is 24.3 Å². The number of hydrogen-bond acceptors (Lipinski definition) is 6. The van der Waals surface area contributed by atoms with Crippen LogP contribution in [0.15, 0.2) is 30.5 Å². The van der Waals surface area contributed by atoms with Crippen LogP contribution in [-0.4, -0.2) is 25.2 Å². The maximum absolute atomic E-state index is 11.6. The summed E-state index contributed by atoms with van der Waals surface area (Å²) in [5.41, 5.74) is 6.95. The molecule has 0 spiro atoms. The van der Waals surface area contributed by atoms with Crippen molar-refractivity contribution in [3.8, 4) is 5.75 Å². The summed E-state index contributed by atoms with van der Waals surface area (Å²) in [6.07, 6.45) is 1.46. The number of rotatable bonds is 4. The molecule has 1 heterocycles. The van der Waals surface area contributed by atoms with Crippen molar-refractivity contribution in [1.29, 1.82) is 0 Å². The zero-order valence-electron chi connectivity index (χ0n) is 11.5. The molecule has 0 saturated heterocycles. The van der Waals surface area contributed by atoms with Crippen LogP contribution < -0.4 is 15.8 Å². The van der Waals surface area contributed by atoms with E-state index in [-0.39, 0.29) is 11.3 Å². The summed E-state index contributed by atoms with van der Waals surface area (Å²) < 4.78 is 9.90. The molecule has 21 heavy (non-hydrogen) atoms. The summed E-state index contributed by atoms with van der Waals surface area (Å²) in [5.74, 6) is 0.360. The van der Waals surface area contributed by atoms with Gasteiger partial charge in [0, 0.05) is 11.2 Å². The molecule has 1 aromatic heterocycles. The van der Waals surface area contributed by atoms with E-state index in [1.165, 1.54) is 26.5 Å². The highest BCUT2D eigenvalue weighted by Gasteiger charge is 2.15. The first kappa shape index (κ1) is 14.9. The molecular weight excluding hydrogens is 294 g/mol. The Morgan fingerprint density at radius 3 is 2.76 bits per heavy atom. The lowest BCUT2D eigenvalue weighted by molar-refractivity contribution is 0.0602.